The largest absolute Gasteiger partial charge is 0.493 e. The number of carboxylic acid groups (broad SMARTS) is 1. The summed E-state index contributed by atoms with van der Waals surface area (Å²) in [5.41, 5.74) is 0.145. The van der Waals surface area contributed by atoms with Crippen molar-refractivity contribution in [3.05, 3.63) is 66.2 Å². The van der Waals surface area contributed by atoms with Gasteiger partial charge in [-0.05, 0) is 41.1 Å². The summed E-state index contributed by atoms with van der Waals surface area (Å²) in [6.45, 7) is 0.602. The molecule has 0 spiro atoms. The topological polar surface area (TPSA) is 65.0 Å². The Bertz CT molecular complexity index is 888. The number of benzene rings is 3. The summed E-state index contributed by atoms with van der Waals surface area (Å²) in [5.74, 6) is 0.605. The summed E-state index contributed by atoms with van der Waals surface area (Å²) < 4.78 is 16.5. The van der Waals surface area contributed by atoms with Crippen molar-refractivity contribution in [1.82, 2.24) is 0 Å². The Morgan fingerprint density at radius 2 is 1.64 bits per heavy atom. The molecule has 5 nitrogen and oxygen atoms in total. The van der Waals surface area contributed by atoms with Gasteiger partial charge in [-0.1, -0.05) is 30.3 Å². The van der Waals surface area contributed by atoms with Crippen LogP contribution in [0.2, 0.25) is 0 Å². The quantitative estimate of drug-likeness (QED) is 0.660. The van der Waals surface area contributed by atoms with E-state index < -0.39 is 5.97 Å². The molecule has 0 saturated heterocycles. The van der Waals surface area contributed by atoms with E-state index in [2.05, 4.69) is 0 Å². The fourth-order valence-electron chi connectivity index (χ4n) is 2.49. The molecule has 0 fully saturated rings. The number of hydrogen-bond acceptors (Lipinski definition) is 4. The van der Waals surface area contributed by atoms with Crippen LogP contribution in [0.3, 0.4) is 0 Å². The third-order valence-electron chi connectivity index (χ3n) is 3.74. The Balaban J connectivity index is 1.60. The molecule has 0 atom stereocenters. The molecule has 1 N–H and O–H groups in total. The van der Waals surface area contributed by atoms with Crippen molar-refractivity contribution in [1.29, 1.82) is 0 Å². The van der Waals surface area contributed by atoms with Gasteiger partial charge in [0.2, 0.25) is 0 Å². The summed E-state index contributed by atoms with van der Waals surface area (Å²) >= 11 is 0. The van der Waals surface area contributed by atoms with Crippen LogP contribution in [0.1, 0.15) is 10.4 Å². The molecule has 3 rings (SSSR count). The van der Waals surface area contributed by atoms with Crippen molar-refractivity contribution in [2.45, 2.75) is 0 Å². The lowest BCUT2D eigenvalue weighted by molar-refractivity contribution is 0.0696. The number of carbonyl (C=O) groups is 1. The first kappa shape index (κ1) is 16.6. The Kier molecular flexibility index (Phi) is 5.04. The second-order valence-corrected chi connectivity index (χ2v) is 5.38. The van der Waals surface area contributed by atoms with E-state index >= 15 is 0 Å². The van der Waals surface area contributed by atoms with E-state index in [1.807, 2.05) is 42.5 Å². The van der Waals surface area contributed by atoms with Gasteiger partial charge >= 0.3 is 5.97 Å². The fourth-order valence-corrected chi connectivity index (χ4v) is 2.49. The summed E-state index contributed by atoms with van der Waals surface area (Å²) in [5, 5.41) is 11.3. The van der Waals surface area contributed by atoms with Gasteiger partial charge in [0.05, 0.1) is 12.7 Å². The van der Waals surface area contributed by atoms with Crippen molar-refractivity contribution in [2.24, 2.45) is 0 Å². The van der Waals surface area contributed by atoms with Crippen molar-refractivity contribution in [3.63, 3.8) is 0 Å². The molecule has 0 amide bonds. The number of ether oxygens (including phenoxy) is 3. The van der Waals surface area contributed by atoms with Crippen LogP contribution in [0.15, 0.2) is 60.7 Å². The van der Waals surface area contributed by atoms with Crippen molar-refractivity contribution >= 4 is 16.7 Å². The number of hydrogen-bond donors (Lipinski definition) is 1. The Morgan fingerprint density at radius 1 is 0.880 bits per heavy atom. The molecular weight excluding hydrogens is 320 g/mol. The summed E-state index contributed by atoms with van der Waals surface area (Å²) in [6.07, 6.45) is 0. The minimum absolute atomic E-state index is 0.145. The number of fused-ring (bicyclic) bond motifs is 1. The molecule has 0 saturated carbocycles. The zero-order chi connectivity index (χ0) is 17.6. The normalized spacial score (nSPS) is 10.4. The minimum Gasteiger partial charge on any atom is -0.493 e. The molecule has 0 aromatic heterocycles. The molecule has 0 heterocycles. The lowest BCUT2D eigenvalue weighted by atomic mass is 10.1. The molecule has 128 valence electrons. The highest BCUT2D eigenvalue weighted by Gasteiger charge is 2.10. The number of methoxy groups -OCH3 is 1. The maximum absolute atomic E-state index is 11.1. The molecule has 25 heavy (non-hydrogen) atoms. The molecule has 0 bridgehead atoms. The fraction of sp³-hybridized carbons (Fsp3) is 0.150. The van der Waals surface area contributed by atoms with Gasteiger partial charge in [-0.25, -0.2) is 4.79 Å². The van der Waals surface area contributed by atoms with E-state index in [9.17, 15) is 4.79 Å². The smallest absolute Gasteiger partial charge is 0.335 e. The lowest BCUT2D eigenvalue weighted by Gasteiger charge is -2.12. The van der Waals surface area contributed by atoms with Crippen LogP contribution in [0, 0.1) is 0 Å². The van der Waals surface area contributed by atoms with E-state index in [1.54, 1.807) is 6.07 Å². The second-order valence-electron chi connectivity index (χ2n) is 5.38. The highest BCUT2D eigenvalue weighted by molar-refractivity contribution is 5.88. The standard InChI is InChI=1S/C20H18O5/c1-23-18-9-7-16(20(21)22)13-19(18)25-11-10-24-17-8-6-14-4-2-3-5-15(14)12-17/h2-9,12-13H,10-11H2,1H3,(H,21,22). The van der Waals surface area contributed by atoms with Crippen LogP contribution < -0.4 is 14.2 Å². The van der Waals surface area contributed by atoms with Crippen molar-refractivity contribution in [2.75, 3.05) is 20.3 Å². The number of aromatic carboxylic acids is 1. The van der Waals surface area contributed by atoms with E-state index in [0.717, 1.165) is 16.5 Å². The van der Waals surface area contributed by atoms with Gasteiger partial charge in [0.1, 0.15) is 19.0 Å². The first-order valence-electron chi connectivity index (χ1n) is 7.83. The molecule has 5 heteroatoms. The predicted octanol–water partition coefficient (Wildman–Crippen LogP) is 4.00. The average molecular weight is 338 g/mol. The summed E-state index contributed by atoms with van der Waals surface area (Å²) in [6, 6.07) is 18.4. The zero-order valence-corrected chi connectivity index (χ0v) is 13.8. The van der Waals surface area contributed by atoms with Gasteiger partial charge in [-0.15, -0.1) is 0 Å². The molecule has 3 aromatic carbocycles. The first-order chi connectivity index (χ1) is 12.2. The lowest BCUT2D eigenvalue weighted by Crippen LogP contribution is -2.10. The van der Waals surface area contributed by atoms with Crippen LogP contribution in [-0.4, -0.2) is 31.4 Å². The van der Waals surface area contributed by atoms with E-state index in [4.69, 9.17) is 19.3 Å². The van der Waals surface area contributed by atoms with Crippen LogP contribution in [0.25, 0.3) is 10.8 Å². The van der Waals surface area contributed by atoms with E-state index in [1.165, 1.54) is 19.2 Å². The van der Waals surface area contributed by atoms with Gasteiger partial charge in [-0.2, -0.15) is 0 Å². The Hall–Kier alpha value is -3.21. The Labute approximate surface area is 145 Å². The van der Waals surface area contributed by atoms with Gasteiger partial charge in [-0.3, -0.25) is 0 Å². The zero-order valence-electron chi connectivity index (χ0n) is 13.8. The van der Waals surface area contributed by atoms with Crippen LogP contribution in [0.5, 0.6) is 17.2 Å². The second kappa shape index (κ2) is 7.57. The van der Waals surface area contributed by atoms with Gasteiger partial charge in [0.25, 0.3) is 0 Å². The first-order valence-corrected chi connectivity index (χ1v) is 7.83. The summed E-state index contributed by atoms with van der Waals surface area (Å²) in [7, 11) is 1.51. The molecule has 0 aliphatic heterocycles. The molecule has 0 radical (unpaired) electrons. The predicted molar refractivity (Wildman–Crippen MR) is 94.9 cm³/mol. The maximum atomic E-state index is 11.1. The highest BCUT2D eigenvalue weighted by Crippen LogP contribution is 2.28. The molecule has 0 unspecified atom stereocenters. The molecular formula is C20H18O5. The SMILES string of the molecule is COc1ccc(C(=O)O)cc1OCCOc1ccc2ccccc2c1. The van der Waals surface area contributed by atoms with Crippen LogP contribution >= 0.6 is 0 Å². The van der Waals surface area contributed by atoms with Gasteiger partial charge in [0, 0.05) is 0 Å². The number of carboxylic acids is 1. The van der Waals surface area contributed by atoms with Crippen LogP contribution in [-0.2, 0) is 0 Å². The molecule has 0 aliphatic rings. The monoisotopic (exact) mass is 338 g/mol. The van der Waals surface area contributed by atoms with Crippen molar-refractivity contribution < 1.29 is 24.1 Å². The molecule has 3 aromatic rings. The average Bonchev–Trinajstić information content (AvgIpc) is 2.64. The van der Waals surface area contributed by atoms with Gasteiger partial charge < -0.3 is 19.3 Å². The number of rotatable bonds is 7. The minimum atomic E-state index is -1.01. The van der Waals surface area contributed by atoms with Crippen molar-refractivity contribution in [3.8, 4) is 17.2 Å². The summed E-state index contributed by atoms with van der Waals surface area (Å²) in [4.78, 5) is 11.1. The highest BCUT2D eigenvalue weighted by atomic mass is 16.5. The third-order valence-corrected chi connectivity index (χ3v) is 3.74. The van der Waals surface area contributed by atoms with E-state index in [-0.39, 0.29) is 12.2 Å². The van der Waals surface area contributed by atoms with Crippen LogP contribution in [0.4, 0.5) is 0 Å². The maximum Gasteiger partial charge on any atom is 0.335 e. The molecule has 0 aliphatic carbocycles. The van der Waals surface area contributed by atoms with E-state index in [0.29, 0.717) is 18.1 Å². The van der Waals surface area contributed by atoms with Gasteiger partial charge in [0.15, 0.2) is 11.5 Å². The third kappa shape index (κ3) is 4.01. The Morgan fingerprint density at radius 3 is 2.40 bits per heavy atom.